The summed E-state index contributed by atoms with van der Waals surface area (Å²) in [5, 5.41) is 3.26. The number of hydrogen-bond acceptors (Lipinski definition) is 2. The second-order valence-corrected chi connectivity index (χ2v) is 7.35. The third-order valence-corrected chi connectivity index (χ3v) is 5.57. The first kappa shape index (κ1) is 17.0. The Morgan fingerprint density at radius 1 is 1.08 bits per heavy atom. The molecule has 0 bridgehead atoms. The second kappa shape index (κ2) is 7.37. The van der Waals surface area contributed by atoms with E-state index < -0.39 is 0 Å². The number of hydrogen-bond donors (Lipinski definition) is 1. The van der Waals surface area contributed by atoms with Gasteiger partial charge in [0.15, 0.2) is 0 Å². The smallest absolute Gasteiger partial charge is 0.225 e. The Labute approximate surface area is 144 Å². The van der Waals surface area contributed by atoms with Crippen LogP contribution in [0.15, 0.2) is 24.3 Å². The third-order valence-electron chi connectivity index (χ3n) is 5.57. The molecule has 0 radical (unpaired) electrons. The molecule has 2 atom stereocenters. The van der Waals surface area contributed by atoms with Crippen LogP contribution in [0.5, 0.6) is 0 Å². The number of rotatable bonds is 3. The fourth-order valence-corrected chi connectivity index (χ4v) is 4.09. The van der Waals surface area contributed by atoms with Crippen LogP contribution in [0.1, 0.15) is 62.1 Å². The molecular weight excluding hydrogens is 300 g/mol. The van der Waals surface area contributed by atoms with Crippen molar-refractivity contribution >= 4 is 11.8 Å². The van der Waals surface area contributed by atoms with E-state index in [-0.39, 0.29) is 23.8 Å². The quantitative estimate of drug-likeness (QED) is 0.925. The maximum absolute atomic E-state index is 12.9. The van der Waals surface area contributed by atoms with Gasteiger partial charge in [0.25, 0.3) is 0 Å². The van der Waals surface area contributed by atoms with Crippen molar-refractivity contribution in [2.45, 2.75) is 64.0 Å². The lowest BCUT2D eigenvalue weighted by atomic mass is 9.83. The van der Waals surface area contributed by atoms with Crippen molar-refractivity contribution in [2.24, 2.45) is 5.92 Å². The lowest BCUT2D eigenvalue weighted by molar-refractivity contribution is -0.142. The van der Waals surface area contributed by atoms with Gasteiger partial charge in [-0.1, -0.05) is 49.1 Å². The maximum atomic E-state index is 12.9. The Hall–Kier alpha value is -1.84. The number of piperidine rings is 1. The van der Waals surface area contributed by atoms with Crippen LogP contribution in [-0.2, 0) is 9.59 Å². The Morgan fingerprint density at radius 2 is 1.75 bits per heavy atom. The molecule has 2 aliphatic rings. The van der Waals surface area contributed by atoms with Crippen molar-refractivity contribution in [3.8, 4) is 0 Å². The Balaban J connectivity index is 1.79. The number of nitrogens with zero attached hydrogens (tertiary/aromatic N) is 1. The SMILES string of the molecule is Cc1ccc([C@@H]2[C@@H](C(=O)NC3CCCCC3)CCC(=O)N2C)cc1. The van der Waals surface area contributed by atoms with Crippen molar-refractivity contribution in [2.75, 3.05) is 7.05 Å². The molecule has 1 saturated heterocycles. The van der Waals surface area contributed by atoms with Crippen molar-refractivity contribution in [1.82, 2.24) is 10.2 Å². The maximum Gasteiger partial charge on any atom is 0.225 e. The van der Waals surface area contributed by atoms with Crippen LogP contribution in [-0.4, -0.2) is 29.8 Å². The normalized spacial score (nSPS) is 25.6. The molecule has 1 N–H and O–H groups in total. The van der Waals surface area contributed by atoms with Gasteiger partial charge in [0.2, 0.25) is 11.8 Å². The number of benzene rings is 1. The van der Waals surface area contributed by atoms with Gasteiger partial charge in [-0.05, 0) is 31.7 Å². The van der Waals surface area contributed by atoms with E-state index in [2.05, 4.69) is 29.6 Å². The lowest BCUT2D eigenvalue weighted by Gasteiger charge is -2.39. The number of aryl methyl sites for hydroxylation is 1. The number of likely N-dealkylation sites (tertiary alicyclic amines) is 1. The fraction of sp³-hybridized carbons (Fsp3) is 0.600. The summed E-state index contributed by atoms with van der Waals surface area (Å²) < 4.78 is 0. The van der Waals surface area contributed by atoms with Crippen molar-refractivity contribution in [1.29, 1.82) is 0 Å². The van der Waals surface area contributed by atoms with Crippen LogP contribution >= 0.6 is 0 Å². The predicted octanol–water partition coefficient (Wildman–Crippen LogP) is 3.35. The number of nitrogens with one attached hydrogen (secondary N) is 1. The van der Waals surface area contributed by atoms with E-state index >= 15 is 0 Å². The van der Waals surface area contributed by atoms with Crippen molar-refractivity contribution in [3.63, 3.8) is 0 Å². The summed E-state index contributed by atoms with van der Waals surface area (Å²) in [7, 11) is 1.83. The van der Waals surface area contributed by atoms with Gasteiger partial charge < -0.3 is 10.2 Å². The van der Waals surface area contributed by atoms with Gasteiger partial charge >= 0.3 is 0 Å². The Bertz CT molecular complexity index is 590. The summed E-state index contributed by atoms with van der Waals surface area (Å²) >= 11 is 0. The van der Waals surface area contributed by atoms with Crippen LogP contribution in [0.2, 0.25) is 0 Å². The monoisotopic (exact) mass is 328 g/mol. The molecule has 0 unspecified atom stereocenters. The molecule has 1 aromatic carbocycles. The molecule has 0 aromatic heterocycles. The van der Waals surface area contributed by atoms with Gasteiger partial charge in [0.1, 0.15) is 0 Å². The molecule has 1 aromatic rings. The standard InChI is InChI=1S/C20H28N2O2/c1-14-8-10-15(11-9-14)19-17(12-13-18(23)22(19)2)20(24)21-16-6-4-3-5-7-16/h8-11,16-17,19H,3-7,12-13H2,1-2H3,(H,21,24)/t17-,19+/m0/s1. The predicted molar refractivity (Wildman–Crippen MR) is 94.4 cm³/mol. The summed E-state index contributed by atoms with van der Waals surface area (Å²) in [4.78, 5) is 26.9. The topological polar surface area (TPSA) is 49.4 Å². The van der Waals surface area contributed by atoms with Gasteiger partial charge in [-0.25, -0.2) is 0 Å². The molecular formula is C20H28N2O2. The average molecular weight is 328 g/mol. The first-order chi connectivity index (χ1) is 11.6. The van der Waals surface area contributed by atoms with Crippen LogP contribution in [0, 0.1) is 12.8 Å². The van der Waals surface area contributed by atoms with E-state index in [1.165, 1.54) is 24.8 Å². The molecule has 1 aliphatic carbocycles. The second-order valence-electron chi connectivity index (χ2n) is 7.35. The third kappa shape index (κ3) is 3.63. The summed E-state index contributed by atoms with van der Waals surface area (Å²) in [5.41, 5.74) is 2.24. The van der Waals surface area contributed by atoms with Gasteiger partial charge in [0, 0.05) is 19.5 Å². The highest BCUT2D eigenvalue weighted by atomic mass is 16.2. The van der Waals surface area contributed by atoms with Crippen molar-refractivity contribution < 1.29 is 9.59 Å². The van der Waals surface area contributed by atoms with E-state index in [4.69, 9.17) is 0 Å². The molecule has 2 fully saturated rings. The zero-order valence-electron chi connectivity index (χ0n) is 14.8. The van der Waals surface area contributed by atoms with Gasteiger partial charge in [-0.2, -0.15) is 0 Å². The average Bonchev–Trinajstić information content (AvgIpc) is 2.59. The summed E-state index contributed by atoms with van der Waals surface area (Å²) in [6, 6.07) is 8.37. The zero-order chi connectivity index (χ0) is 17.1. The molecule has 24 heavy (non-hydrogen) atoms. The van der Waals surface area contributed by atoms with Gasteiger partial charge in [-0.3, -0.25) is 9.59 Å². The lowest BCUT2D eigenvalue weighted by Crippen LogP contribution is -2.48. The minimum absolute atomic E-state index is 0.117. The number of carbonyl (C=O) groups is 2. The van der Waals surface area contributed by atoms with E-state index in [0.717, 1.165) is 18.4 Å². The van der Waals surface area contributed by atoms with Crippen LogP contribution in [0.3, 0.4) is 0 Å². The molecule has 0 spiro atoms. The summed E-state index contributed by atoms with van der Waals surface area (Å²) in [5.74, 6) is 0.0893. The van der Waals surface area contributed by atoms with Gasteiger partial charge in [-0.15, -0.1) is 0 Å². The molecule has 1 aliphatic heterocycles. The molecule has 3 rings (SSSR count). The van der Waals surface area contributed by atoms with Crippen LogP contribution in [0.4, 0.5) is 0 Å². The van der Waals surface area contributed by atoms with E-state index in [9.17, 15) is 9.59 Å². The minimum atomic E-state index is -0.157. The van der Waals surface area contributed by atoms with E-state index in [1.807, 2.05) is 14.0 Å². The van der Waals surface area contributed by atoms with Crippen LogP contribution in [0.25, 0.3) is 0 Å². The largest absolute Gasteiger partial charge is 0.353 e. The first-order valence-corrected chi connectivity index (χ1v) is 9.19. The molecule has 4 nitrogen and oxygen atoms in total. The zero-order valence-corrected chi connectivity index (χ0v) is 14.8. The highest BCUT2D eigenvalue weighted by Crippen LogP contribution is 2.36. The number of amides is 2. The van der Waals surface area contributed by atoms with E-state index in [1.54, 1.807) is 4.90 Å². The van der Waals surface area contributed by atoms with Gasteiger partial charge in [0.05, 0.1) is 12.0 Å². The highest BCUT2D eigenvalue weighted by Gasteiger charge is 2.39. The summed E-state index contributed by atoms with van der Waals surface area (Å²) in [6.45, 7) is 2.05. The van der Waals surface area contributed by atoms with Crippen molar-refractivity contribution in [3.05, 3.63) is 35.4 Å². The van der Waals surface area contributed by atoms with E-state index in [0.29, 0.717) is 18.9 Å². The molecule has 130 valence electrons. The number of carbonyl (C=O) groups excluding carboxylic acids is 2. The minimum Gasteiger partial charge on any atom is -0.353 e. The molecule has 4 heteroatoms. The fourth-order valence-electron chi connectivity index (χ4n) is 4.09. The molecule has 1 heterocycles. The van der Waals surface area contributed by atoms with Crippen LogP contribution < -0.4 is 5.32 Å². The Morgan fingerprint density at radius 3 is 2.42 bits per heavy atom. The Kier molecular flexibility index (Phi) is 5.22. The first-order valence-electron chi connectivity index (χ1n) is 9.19. The molecule has 2 amide bonds. The highest BCUT2D eigenvalue weighted by molar-refractivity contribution is 5.85. The molecule has 1 saturated carbocycles. The summed E-state index contributed by atoms with van der Waals surface area (Å²) in [6.07, 6.45) is 6.95.